The Hall–Kier alpha value is -1.36. The molecule has 1 aromatic rings. The first-order chi connectivity index (χ1) is 10.1. The van der Waals surface area contributed by atoms with Crippen molar-refractivity contribution in [3.8, 4) is 0 Å². The number of hydrogen-bond donors (Lipinski definition) is 0. The molecule has 0 saturated heterocycles. The molecular weight excluding hydrogens is 336 g/mol. The highest BCUT2D eigenvalue weighted by Gasteiger charge is 2.15. The van der Waals surface area contributed by atoms with Gasteiger partial charge in [-0.2, -0.15) is 0 Å². The Morgan fingerprint density at radius 1 is 1.24 bits per heavy atom. The lowest BCUT2D eigenvalue weighted by Gasteiger charge is -2.09. The summed E-state index contributed by atoms with van der Waals surface area (Å²) in [6.07, 6.45) is 3.28. The molecule has 1 aromatic carbocycles. The van der Waals surface area contributed by atoms with Crippen molar-refractivity contribution in [2.45, 2.75) is 37.4 Å². The van der Waals surface area contributed by atoms with Crippen LogP contribution in [-0.2, 0) is 20.7 Å². The zero-order valence-electron chi connectivity index (χ0n) is 12.4. The SMILES string of the molecule is CCCOC(=O)C(Br)CCCc1ccc(C(=O)OC)cc1. The van der Waals surface area contributed by atoms with Crippen LogP contribution in [0.1, 0.15) is 42.1 Å². The van der Waals surface area contributed by atoms with Gasteiger partial charge in [0.1, 0.15) is 4.83 Å². The Balaban J connectivity index is 2.35. The summed E-state index contributed by atoms with van der Waals surface area (Å²) in [6.45, 7) is 2.43. The van der Waals surface area contributed by atoms with Gasteiger partial charge in [-0.05, 0) is 43.4 Å². The average Bonchev–Trinajstić information content (AvgIpc) is 2.52. The number of ether oxygens (including phenoxy) is 2. The maximum Gasteiger partial charge on any atom is 0.337 e. The second-order valence-electron chi connectivity index (χ2n) is 4.72. The van der Waals surface area contributed by atoms with Gasteiger partial charge in [-0.25, -0.2) is 4.79 Å². The third-order valence-electron chi connectivity index (χ3n) is 3.00. The van der Waals surface area contributed by atoms with E-state index < -0.39 is 0 Å². The van der Waals surface area contributed by atoms with Gasteiger partial charge in [-0.1, -0.05) is 35.0 Å². The van der Waals surface area contributed by atoms with Crippen LogP contribution in [0.15, 0.2) is 24.3 Å². The van der Waals surface area contributed by atoms with E-state index in [2.05, 4.69) is 20.7 Å². The summed E-state index contributed by atoms with van der Waals surface area (Å²) in [6, 6.07) is 7.32. The van der Waals surface area contributed by atoms with Crippen molar-refractivity contribution >= 4 is 27.9 Å². The van der Waals surface area contributed by atoms with Crippen LogP contribution in [0.5, 0.6) is 0 Å². The lowest BCUT2D eigenvalue weighted by atomic mass is 10.1. The smallest absolute Gasteiger partial charge is 0.337 e. The van der Waals surface area contributed by atoms with E-state index in [9.17, 15) is 9.59 Å². The summed E-state index contributed by atoms with van der Waals surface area (Å²) >= 11 is 3.35. The van der Waals surface area contributed by atoms with Gasteiger partial charge in [-0.3, -0.25) is 4.79 Å². The van der Waals surface area contributed by atoms with E-state index in [0.717, 1.165) is 31.2 Å². The Bertz CT molecular complexity index is 456. The molecule has 4 nitrogen and oxygen atoms in total. The molecule has 0 N–H and O–H groups in total. The number of esters is 2. The van der Waals surface area contributed by atoms with Gasteiger partial charge in [0.05, 0.1) is 19.3 Å². The van der Waals surface area contributed by atoms with Crippen LogP contribution in [0.2, 0.25) is 0 Å². The molecule has 0 bridgehead atoms. The van der Waals surface area contributed by atoms with E-state index in [0.29, 0.717) is 12.2 Å². The summed E-state index contributed by atoms with van der Waals surface area (Å²) in [4.78, 5) is 22.6. The van der Waals surface area contributed by atoms with Crippen molar-refractivity contribution in [1.82, 2.24) is 0 Å². The van der Waals surface area contributed by atoms with Crippen molar-refractivity contribution in [3.63, 3.8) is 0 Å². The molecule has 0 radical (unpaired) electrons. The Labute approximate surface area is 133 Å². The standard InChI is InChI=1S/C16H21BrO4/c1-3-11-21-16(19)14(17)6-4-5-12-7-9-13(10-8-12)15(18)20-2/h7-10,14H,3-6,11H2,1-2H3. The number of benzene rings is 1. The van der Waals surface area contributed by atoms with Gasteiger partial charge < -0.3 is 9.47 Å². The second-order valence-corrected chi connectivity index (χ2v) is 5.82. The molecule has 116 valence electrons. The third kappa shape index (κ3) is 6.29. The Morgan fingerprint density at radius 2 is 1.90 bits per heavy atom. The summed E-state index contributed by atoms with van der Waals surface area (Å²) in [5, 5.41) is 0. The summed E-state index contributed by atoms with van der Waals surface area (Å²) in [5.74, 6) is -0.529. The first-order valence-corrected chi connectivity index (χ1v) is 7.98. The number of methoxy groups -OCH3 is 1. The van der Waals surface area contributed by atoms with Gasteiger partial charge >= 0.3 is 11.9 Å². The van der Waals surface area contributed by atoms with E-state index in [4.69, 9.17) is 4.74 Å². The predicted molar refractivity (Wildman–Crippen MR) is 84.7 cm³/mol. The number of halogens is 1. The minimum Gasteiger partial charge on any atom is -0.465 e. The van der Waals surface area contributed by atoms with Crippen molar-refractivity contribution in [2.24, 2.45) is 0 Å². The molecule has 0 saturated carbocycles. The van der Waals surface area contributed by atoms with E-state index in [1.165, 1.54) is 7.11 Å². The number of hydrogen-bond acceptors (Lipinski definition) is 4. The second kappa shape index (κ2) is 9.55. The number of rotatable bonds is 8. The molecule has 5 heteroatoms. The van der Waals surface area contributed by atoms with Gasteiger partial charge in [0.25, 0.3) is 0 Å². The fourth-order valence-corrected chi connectivity index (χ4v) is 2.28. The highest BCUT2D eigenvalue weighted by molar-refractivity contribution is 9.10. The van der Waals surface area contributed by atoms with Crippen LogP contribution in [0.4, 0.5) is 0 Å². The van der Waals surface area contributed by atoms with Crippen LogP contribution in [0.3, 0.4) is 0 Å². The largest absolute Gasteiger partial charge is 0.465 e. The molecule has 0 fully saturated rings. The first-order valence-electron chi connectivity index (χ1n) is 7.06. The molecule has 0 aliphatic heterocycles. The minimum absolute atomic E-state index is 0.196. The van der Waals surface area contributed by atoms with Crippen molar-refractivity contribution < 1.29 is 19.1 Å². The molecule has 0 aliphatic rings. The third-order valence-corrected chi connectivity index (χ3v) is 3.83. The summed E-state index contributed by atoms with van der Waals surface area (Å²) in [5.41, 5.74) is 1.67. The van der Waals surface area contributed by atoms with Crippen LogP contribution in [0, 0.1) is 0 Å². The normalized spacial score (nSPS) is 11.8. The Kier molecular flexibility index (Phi) is 8.05. The van der Waals surface area contributed by atoms with E-state index in [-0.39, 0.29) is 16.8 Å². The number of alkyl halides is 1. The molecule has 0 spiro atoms. The van der Waals surface area contributed by atoms with Crippen LogP contribution < -0.4 is 0 Å². The van der Waals surface area contributed by atoms with Crippen LogP contribution in [0.25, 0.3) is 0 Å². The fourth-order valence-electron chi connectivity index (χ4n) is 1.82. The van der Waals surface area contributed by atoms with Crippen molar-refractivity contribution in [3.05, 3.63) is 35.4 Å². The van der Waals surface area contributed by atoms with Gasteiger partial charge in [0.2, 0.25) is 0 Å². The molecule has 1 atom stereocenters. The highest BCUT2D eigenvalue weighted by Crippen LogP contribution is 2.14. The number of aryl methyl sites for hydroxylation is 1. The lowest BCUT2D eigenvalue weighted by Crippen LogP contribution is -2.18. The molecule has 0 aromatic heterocycles. The van der Waals surface area contributed by atoms with Crippen molar-refractivity contribution in [1.29, 1.82) is 0 Å². The quantitative estimate of drug-likeness (QED) is 0.528. The number of carbonyl (C=O) groups is 2. The molecule has 0 aliphatic carbocycles. The highest BCUT2D eigenvalue weighted by atomic mass is 79.9. The Morgan fingerprint density at radius 3 is 2.48 bits per heavy atom. The fraction of sp³-hybridized carbons (Fsp3) is 0.500. The monoisotopic (exact) mass is 356 g/mol. The predicted octanol–water partition coefficient (Wildman–Crippen LogP) is 3.51. The lowest BCUT2D eigenvalue weighted by molar-refractivity contribution is -0.142. The molecule has 21 heavy (non-hydrogen) atoms. The maximum atomic E-state index is 11.6. The molecule has 0 amide bonds. The summed E-state index contributed by atoms with van der Waals surface area (Å²) in [7, 11) is 1.37. The molecule has 0 heterocycles. The molecule has 1 unspecified atom stereocenters. The zero-order chi connectivity index (χ0) is 15.7. The van der Waals surface area contributed by atoms with E-state index >= 15 is 0 Å². The maximum absolute atomic E-state index is 11.6. The number of carbonyl (C=O) groups excluding carboxylic acids is 2. The minimum atomic E-state index is -0.333. The average molecular weight is 357 g/mol. The zero-order valence-corrected chi connectivity index (χ0v) is 14.0. The van der Waals surface area contributed by atoms with Crippen LogP contribution in [-0.4, -0.2) is 30.5 Å². The van der Waals surface area contributed by atoms with Gasteiger partial charge in [0, 0.05) is 0 Å². The summed E-state index contributed by atoms with van der Waals surface area (Å²) < 4.78 is 9.72. The van der Waals surface area contributed by atoms with Gasteiger partial charge in [-0.15, -0.1) is 0 Å². The topological polar surface area (TPSA) is 52.6 Å². The van der Waals surface area contributed by atoms with Gasteiger partial charge in [0.15, 0.2) is 0 Å². The van der Waals surface area contributed by atoms with E-state index in [1.54, 1.807) is 12.1 Å². The van der Waals surface area contributed by atoms with Crippen LogP contribution >= 0.6 is 15.9 Å². The molecular formula is C16H21BrO4. The van der Waals surface area contributed by atoms with Crippen molar-refractivity contribution in [2.75, 3.05) is 13.7 Å². The molecule has 1 rings (SSSR count). The first kappa shape index (κ1) is 17.7. The van der Waals surface area contributed by atoms with E-state index in [1.807, 2.05) is 19.1 Å².